The molecule has 2 aromatic heterocycles. The van der Waals surface area contributed by atoms with E-state index in [4.69, 9.17) is 4.74 Å². The van der Waals surface area contributed by atoms with Crippen LogP contribution in [-0.4, -0.2) is 57.0 Å². The van der Waals surface area contributed by atoms with Gasteiger partial charge in [-0.2, -0.15) is 0 Å². The lowest BCUT2D eigenvalue weighted by molar-refractivity contribution is 0.0240. The second kappa shape index (κ2) is 5.21. The number of morpholine rings is 1. The number of thioether (sulfide) groups is 1. The molecule has 6 nitrogen and oxygen atoms in total. The van der Waals surface area contributed by atoms with Gasteiger partial charge in [-0.3, -0.25) is 4.90 Å². The largest absolute Gasteiger partial charge is 0.379 e. The number of fused-ring (bicyclic) bond motifs is 1. The fourth-order valence-electron chi connectivity index (χ4n) is 2.07. The van der Waals surface area contributed by atoms with Crippen molar-refractivity contribution in [2.24, 2.45) is 0 Å². The maximum absolute atomic E-state index is 5.35. The Morgan fingerprint density at radius 1 is 1.28 bits per heavy atom. The van der Waals surface area contributed by atoms with E-state index < -0.39 is 0 Å². The minimum Gasteiger partial charge on any atom is -0.379 e. The van der Waals surface area contributed by atoms with Gasteiger partial charge in [-0.25, -0.2) is 15.0 Å². The lowest BCUT2D eigenvalue weighted by atomic mass is 10.4. The van der Waals surface area contributed by atoms with E-state index in [-0.39, 0.29) is 0 Å². The first-order chi connectivity index (χ1) is 8.88. The summed E-state index contributed by atoms with van der Waals surface area (Å²) in [5.74, 6) is 0. The first kappa shape index (κ1) is 11.9. The summed E-state index contributed by atoms with van der Waals surface area (Å²) in [6.45, 7) is 4.33. The lowest BCUT2D eigenvalue weighted by Gasteiger charge is -2.26. The number of hydrogen-bond donors (Lipinski definition) is 0. The molecule has 0 unspecified atom stereocenters. The van der Waals surface area contributed by atoms with Crippen LogP contribution in [-0.2, 0) is 11.4 Å². The molecule has 7 heteroatoms. The van der Waals surface area contributed by atoms with Crippen LogP contribution in [0.25, 0.3) is 11.2 Å². The van der Waals surface area contributed by atoms with Crippen molar-refractivity contribution in [2.75, 3.05) is 32.6 Å². The van der Waals surface area contributed by atoms with Gasteiger partial charge in [0.1, 0.15) is 16.9 Å². The van der Waals surface area contributed by atoms with Crippen LogP contribution in [0.5, 0.6) is 0 Å². The predicted octanol–water partition coefficient (Wildman–Crippen LogP) is 0.838. The Bertz CT molecular complexity index is 537. The maximum atomic E-state index is 5.35. The summed E-state index contributed by atoms with van der Waals surface area (Å²) in [5.41, 5.74) is 1.79. The number of ether oxygens (including phenoxy) is 1. The second-order valence-corrected chi connectivity index (χ2v) is 4.94. The van der Waals surface area contributed by atoms with Crippen molar-refractivity contribution < 1.29 is 4.74 Å². The fraction of sp³-hybridized carbons (Fsp3) is 0.545. The maximum Gasteiger partial charge on any atom is 0.165 e. The molecule has 0 bridgehead atoms. The molecule has 1 aliphatic heterocycles. The van der Waals surface area contributed by atoms with E-state index in [1.54, 1.807) is 18.1 Å². The highest BCUT2D eigenvalue weighted by Crippen LogP contribution is 2.20. The van der Waals surface area contributed by atoms with Crippen molar-refractivity contribution in [3.63, 3.8) is 0 Å². The molecule has 1 fully saturated rings. The van der Waals surface area contributed by atoms with Gasteiger partial charge in [0, 0.05) is 13.1 Å². The molecule has 0 aliphatic carbocycles. The van der Waals surface area contributed by atoms with E-state index in [1.807, 2.05) is 12.6 Å². The number of rotatable bonds is 3. The van der Waals surface area contributed by atoms with Crippen molar-refractivity contribution in [3.8, 4) is 0 Å². The summed E-state index contributed by atoms with van der Waals surface area (Å²) in [6, 6.07) is 0. The minimum absolute atomic E-state index is 0.803. The van der Waals surface area contributed by atoms with Crippen molar-refractivity contribution in [1.82, 2.24) is 24.4 Å². The Morgan fingerprint density at radius 3 is 2.89 bits per heavy atom. The Labute approximate surface area is 109 Å². The lowest BCUT2D eigenvalue weighted by Crippen LogP contribution is -2.37. The fourth-order valence-corrected chi connectivity index (χ4v) is 2.56. The first-order valence-corrected chi connectivity index (χ1v) is 7.11. The SMILES string of the molecule is CSc1ncnc2c1ncn2CN1CCOCC1. The Balaban J connectivity index is 1.88. The van der Waals surface area contributed by atoms with Crippen LogP contribution in [0.2, 0.25) is 0 Å². The van der Waals surface area contributed by atoms with E-state index in [0.29, 0.717) is 0 Å². The first-order valence-electron chi connectivity index (χ1n) is 5.88. The second-order valence-electron chi connectivity index (χ2n) is 4.14. The van der Waals surface area contributed by atoms with Gasteiger partial charge in [0.15, 0.2) is 5.65 Å². The van der Waals surface area contributed by atoms with Crippen LogP contribution in [0, 0.1) is 0 Å². The average molecular weight is 265 g/mol. The molecule has 18 heavy (non-hydrogen) atoms. The number of hydrogen-bond acceptors (Lipinski definition) is 6. The molecule has 0 aromatic carbocycles. The van der Waals surface area contributed by atoms with Crippen molar-refractivity contribution in [2.45, 2.75) is 11.7 Å². The molecule has 0 spiro atoms. The van der Waals surface area contributed by atoms with E-state index in [9.17, 15) is 0 Å². The Morgan fingerprint density at radius 2 is 2.11 bits per heavy atom. The van der Waals surface area contributed by atoms with E-state index in [2.05, 4.69) is 24.4 Å². The molecular weight excluding hydrogens is 250 g/mol. The normalized spacial score (nSPS) is 17.4. The van der Waals surface area contributed by atoms with Gasteiger partial charge in [0.05, 0.1) is 26.2 Å². The Hall–Kier alpha value is -1.18. The molecule has 3 heterocycles. The standard InChI is InChI=1S/C11H15N5OS/c1-18-11-9-10(12-6-13-11)16(7-14-9)8-15-2-4-17-5-3-15/h6-7H,2-5,8H2,1H3. The molecule has 0 amide bonds. The number of nitrogens with zero attached hydrogens (tertiary/aromatic N) is 5. The van der Waals surface area contributed by atoms with Crippen LogP contribution < -0.4 is 0 Å². The molecule has 2 aromatic rings. The zero-order valence-corrected chi connectivity index (χ0v) is 11.1. The van der Waals surface area contributed by atoms with Crippen LogP contribution in [0.3, 0.4) is 0 Å². The molecule has 0 radical (unpaired) electrons. The molecule has 96 valence electrons. The number of aromatic nitrogens is 4. The molecule has 0 N–H and O–H groups in total. The summed E-state index contributed by atoms with van der Waals surface area (Å²) in [5, 5.41) is 0.931. The third-order valence-corrected chi connectivity index (χ3v) is 3.70. The highest BCUT2D eigenvalue weighted by molar-refractivity contribution is 7.98. The summed E-state index contributed by atoms with van der Waals surface area (Å²) in [7, 11) is 0. The highest BCUT2D eigenvalue weighted by atomic mass is 32.2. The number of imidazole rings is 1. The van der Waals surface area contributed by atoms with Gasteiger partial charge < -0.3 is 9.30 Å². The molecule has 1 saturated heterocycles. The van der Waals surface area contributed by atoms with Gasteiger partial charge in [-0.05, 0) is 6.26 Å². The van der Waals surface area contributed by atoms with Gasteiger partial charge in [0.25, 0.3) is 0 Å². The predicted molar refractivity (Wildman–Crippen MR) is 69.5 cm³/mol. The van der Waals surface area contributed by atoms with E-state index in [1.165, 1.54) is 0 Å². The monoisotopic (exact) mass is 265 g/mol. The van der Waals surface area contributed by atoms with Crippen molar-refractivity contribution >= 4 is 22.9 Å². The molecule has 0 saturated carbocycles. The van der Waals surface area contributed by atoms with Crippen LogP contribution in [0.15, 0.2) is 17.7 Å². The Kier molecular flexibility index (Phi) is 3.44. The summed E-state index contributed by atoms with van der Waals surface area (Å²) in [6.07, 6.45) is 5.45. The zero-order chi connectivity index (χ0) is 12.4. The van der Waals surface area contributed by atoms with E-state index >= 15 is 0 Å². The molecule has 0 atom stereocenters. The van der Waals surface area contributed by atoms with Gasteiger partial charge in [0.2, 0.25) is 0 Å². The van der Waals surface area contributed by atoms with Crippen molar-refractivity contribution in [1.29, 1.82) is 0 Å². The van der Waals surface area contributed by atoms with E-state index in [0.717, 1.165) is 49.2 Å². The third-order valence-electron chi connectivity index (χ3n) is 3.02. The average Bonchev–Trinajstić information content (AvgIpc) is 2.83. The highest BCUT2D eigenvalue weighted by Gasteiger charge is 2.14. The van der Waals surface area contributed by atoms with Crippen LogP contribution in [0.1, 0.15) is 0 Å². The summed E-state index contributed by atoms with van der Waals surface area (Å²) >= 11 is 1.60. The summed E-state index contributed by atoms with van der Waals surface area (Å²) < 4.78 is 7.42. The molecule has 3 rings (SSSR count). The van der Waals surface area contributed by atoms with Crippen LogP contribution >= 0.6 is 11.8 Å². The van der Waals surface area contributed by atoms with Crippen LogP contribution in [0.4, 0.5) is 0 Å². The quantitative estimate of drug-likeness (QED) is 0.605. The smallest absolute Gasteiger partial charge is 0.165 e. The molecular formula is C11H15N5OS. The third kappa shape index (κ3) is 2.21. The van der Waals surface area contributed by atoms with Gasteiger partial charge in [-0.15, -0.1) is 11.8 Å². The van der Waals surface area contributed by atoms with Gasteiger partial charge >= 0.3 is 0 Å². The van der Waals surface area contributed by atoms with Gasteiger partial charge in [-0.1, -0.05) is 0 Å². The summed E-state index contributed by atoms with van der Waals surface area (Å²) in [4.78, 5) is 15.3. The van der Waals surface area contributed by atoms with Crippen molar-refractivity contribution in [3.05, 3.63) is 12.7 Å². The topological polar surface area (TPSA) is 56.1 Å². The zero-order valence-electron chi connectivity index (χ0n) is 10.2. The molecule has 1 aliphatic rings. The minimum atomic E-state index is 0.803.